The van der Waals surface area contributed by atoms with Crippen molar-refractivity contribution < 1.29 is 19.0 Å². The molecule has 0 aromatic heterocycles. The van der Waals surface area contributed by atoms with Crippen LogP contribution in [0.3, 0.4) is 0 Å². The van der Waals surface area contributed by atoms with Crippen LogP contribution in [0.15, 0.2) is 12.1 Å². The third kappa shape index (κ3) is 2.63. The predicted molar refractivity (Wildman–Crippen MR) is 70.0 cm³/mol. The van der Waals surface area contributed by atoms with Crippen molar-refractivity contribution in [2.45, 2.75) is 18.9 Å². The highest BCUT2D eigenvalue weighted by Crippen LogP contribution is 2.30. The highest BCUT2D eigenvalue weighted by molar-refractivity contribution is 6.00. The molecule has 1 aliphatic rings. The molecule has 1 fully saturated rings. The standard InChI is InChI=1S/C13H17FN2O3/c1-19-8-4-6-16(7-5-8)10-3-2-9(14)12(15)11(10)13(17)18/h2-3,8H,4-7,15H2,1H3,(H,17,18). The van der Waals surface area contributed by atoms with Gasteiger partial charge in [-0.1, -0.05) is 0 Å². The van der Waals surface area contributed by atoms with Gasteiger partial charge in [0.05, 0.1) is 17.5 Å². The second-order valence-electron chi connectivity index (χ2n) is 4.58. The molecule has 6 heteroatoms. The van der Waals surface area contributed by atoms with Crippen molar-refractivity contribution in [2.75, 3.05) is 30.8 Å². The molecule has 19 heavy (non-hydrogen) atoms. The van der Waals surface area contributed by atoms with E-state index in [-0.39, 0.29) is 17.4 Å². The van der Waals surface area contributed by atoms with E-state index in [0.717, 1.165) is 12.8 Å². The van der Waals surface area contributed by atoms with Crippen LogP contribution in [0.4, 0.5) is 15.8 Å². The number of ether oxygens (including phenoxy) is 1. The van der Waals surface area contributed by atoms with E-state index in [1.165, 1.54) is 12.1 Å². The van der Waals surface area contributed by atoms with Gasteiger partial charge in [0.15, 0.2) is 0 Å². The number of methoxy groups -OCH3 is 1. The lowest BCUT2D eigenvalue weighted by Crippen LogP contribution is -2.37. The van der Waals surface area contributed by atoms with Crippen molar-refractivity contribution in [3.05, 3.63) is 23.5 Å². The summed E-state index contributed by atoms with van der Waals surface area (Å²) in [7, 11) is 1.67. The van der Waals surface area contributed by atoms with Gasteiger partial charge in [0.2, 0.25) is 0 Å². The van der Waals surface area contributed by atoms with Crippen LogP contribution in [0.5, 0.6) is 0 Å². The minimum atomic E-state index is -1.21. The molecule has 0 bridgehead atoms. The van der Waals surface area contributed by atoms with E-state index in [0.29, 0.717) is 18.8 Å². The molecular weight excluding hydrogens is 251 g/mol. The quantitative estimate of drug-likeness (QED) is 0.816. The van der Waals surface area contributed by atoms with Gasteiger partial charge in [-0.3, -0.25) is 0 Å². The Hall–Kier alpha value is -1.82. The third-order valence-electron chi connectivity index (χ3n) is 3.50. The number of carboxylic acid groups (broad SMARTS) is 1. The number of benzene rings is 1. The first-order valence-electron chi connectivity index (χ1n) is 6.13. The van der Waals surface area contributed by atoms with Crippen LogP contribution < -0.4 is 10.6 Å². The molecule has 5 nitrogen and oxygen atoms in total. The van der Waals surface area contributed by atoms with Gasteiger partial charge in [0, 0.05) is 20.2 Å². The van der Waals surface area contributed by atoms with Crippen molar-refractivity contribution in [3.63, 3.8) is 0 Å². The number of halogens is 1. The molecule has 1 aliphatic heterocycles. The molecule has 0 saturated carbocycles. The van der Waals surface area contributed by atoms with E-state index in [2.05, 4.69) is 0 Å². The third-order valence-corrected chi connectivity index (χ3v) is 3.50. The van der Waals surface area contributed by atoms with E-state index < -0.39 is 11.8 Å². The minimum absolute atomic E-state index is 0.157. The number of carboxylic acids is 1. The topological polar surface area (TPSA) is 75.8 Å². The van der Waals surface area contributed by atoms with Gasteiger partial charge < -0.3 is 20.5 Å². The summed E-state index contributed by atoms with van der Waals surface area (Å²) in [6.07, 6.45) is 1.82. The molecule has 0 unspecified atom stereocenters. The van der Waals surface area contributed by atoms with Gasteiger partial charge >= 0.3 is 5.97 Å². The molecule has 1 heterocycles. The summed E-state index contributed by atoms with van der Waals surface area (Å²) in [6, 6.07) is 2.68. The number of rotatable bonds is 3. The number of hydrogen-bond donors (Lipinski definition) is 2. The first-order chi connectivity index (χ1) is 9.04. The van der Waals surface area contributed by atoms with Crippen LogP contribution in [0.2, 0.25) is 0 Å². The maximum Gasteiger partial charge on any atom is 0.340 e. The van der Waals surface area contributed by atoms with Gasteiger partial charge in [0.25, 0.3) is 0 Å². The summed E-state index contributed by atoms with van der Waals surface area (Å²) in [5.41, 5.74) is 5.55. The minimum Gasteiger partial charge on any atom is -0.478 e. The zero-order valence-corrected chi connectivity index (χ0v) is 10.7. The highest BCUT2D eigenvalue weighted by atomic mass is 19.1. The molecular formula is C13H17FN2O3. The molecule has 1 aromatic carbocycles. The number of nitrogens with zero attached hydrogens (tertiary/aromatic N) is 1. The highest BCUT2D eigenvalue weighted by Gasteiger charge is 2.25. The fourth-order valence-electron chi connectivity index (χ4n) is 2.40. The van der Waals surface area contributed by atoms with Crippen molar-refractivity contribution in [2.24, 2.45) is 0 Å². The summed E-state index contributed by atoms with van der Waals surface area (Å²) in [4.78, 5) is 13.2. The molecule has 3 N–H and O–H groups in total. The smallest absolute Gasteiger partial charge is 0.340 e. The van der Waals surface area contributed by atoms with Gasteiger partial charge in [-0.25, -0.2) is 9.18 Å². The molecule has 1 saturated heterocycles. The van der Waals surface area contributed by atoms with Crippen LogP contribution in [0, 0.1) is 5.82 Å². The van der Waals surface area contributed by atoms with Crippen LogP contribution in [-0.2, 0) is 4.74 Å². The Morgan fingerprint density at radius 2 is 2.11 bits per heavy atom. The Bertz CT molecular complexity index is 485. The lowest BCUT2D eigenvalue weighted by molar-refractivity contribution is 0.0697. The molecule has 0 spiro atoms. The zero-order valence-electron chi connectivity index (χ0n) is 10.7. The maximum absolute atomic E-state index is 13.4. The number of carbonyl (C=O) groups is 1. The van der Waals surface area contributed by atoms with E-state index >= 15 is 0 Å². The second kappa shape index (κ2) is 5.44. The molecule has 0 amide bonds. The Kier molecular flexibility index (Phi) is 3.90. The van der Waals surface area contributed by atoms with Crippen molar-refractivity contribution in [3.8, 4) is 0 Å². The number of nitrogen functional groups attached to an aromatic ring is 1. The number of aromatic carboxylic acids is 1. The monoisotopic (exact) mass is 268 g/mol. The SMILES string of the molecule is COC1CCN(c2ccc(F)c(N)c2C(=O)O)CC1. The Morgan fingerprint density at radius 3 is 2.63 bits per heavy atom. The van der Waals surface area contributed by atoms with E-state index in [9.17, 15) is 14.3 Å². The fraction of sp³-hybridized carbons (Fsp3) is 0.462. The average molecular weight is 268 g/mol. The Morgan fingerprint density at radius 1 is 1.47 bits per heavy atom. The van der Waals surface area contributed by atoms with Crippen molar-refractivity contribution in [1.82, 2.24) is 0 Å². The molecule has 104 valence electrons. The summed E-state index contributed by atoms with van der Waals surface area (Å²) in [5, 5.41) is 9.20. The van der Waals surface area contributed by atoms with Crippen molar-refractivity contribution in [1.29, 1.82) is 0 Å². The average Bonchev–Trinajstić information content (AvgIpc) is 2.41. The zero-order chi connectivity index (χ0) is 14.0. The van der Waals surface area contributed by atoms with Gasteiger partial charge in [-0.15, -0.1) is 0 Å². The summed E-state index contributed by atoms with van der Waals surface area (Å²) in [5.74, 6) is -1.91. The van der Waals surface area contributed by atoms with E-state index in [1.54, 1.807) is 7.11 Å². The Balaban J connectivity index is 2.30. The lowest BCUT2D eigenvalue weighted by atomic mass is 10.0. The lowest BCUT2D eigenvalue weighted by Gasteiger charge is -2.33. The molecule has 2 rings (SSSR count). The Labute approximate surface area is 110 Å². The van der Waals surface area contributed by atoms with Gasteiger partial charge in [-0.05, 0) is 25.0 Å². The fourth-order valence-corrected chi connectivity index (χ4v) is 2.40. The number of hydrogen-bond acceptors (Lipinski definition) is 4. The normalized spacial score (nSPS) is 16.6. The number of nitrogens with two attached hydrogens (primary N) is 1. The van der Waals surface area contributed by atoms with E-state index in [4.69, 9.17) is 10.5 Å². The van der Waals surface area contributed by atoms with Gasteiger partial charge in [0.1, 0.15) is 11.4 Å². The van der Waals surface area contributed by atoms with E-state index in [1.807, 2.05) is 4.90 Å². The maximum atomic E-state index is 13.4. The molecule has 0 radical (unpaired) electrons. The van der Waals surface area contributed by atoms with Crippen molar-refractivity contribution >= 4 is 17.3 Å². The van der Waals surface area contributed by atoms with Crippen LogP contribution in [0.25, 0.3) is 0 Å². The first kappa shape index (κ1) is 13.6. The summed E-state index contributed by atoms with van der Waals surface area (Å²) >= 11 is 0. The second-order valence-corrected chi connectivity index (χ2v) is 4.58. The molecule has 1 aromatic rings. The number of anilines is 2. The van der Waals surface area contributed by atoms with Crippen LogP contribution in [-0.4, -0.2) is 37.4 Å². The first-order valence-corrected chi connectivity index (χ1v) is 6.13. The van der Waals surface area contributed by atoms with Crippen LogP contribution >= 0.6 is 0 Å². The van der Waals surface area contributed by atoms with Gasteiger partial charge in [-0.2, -0.15) is 0 Å². The molecule has 0 aliphatic carbocycles. The largest absolute Gasteiger partial charge is 0.478 e. The van der Waals surface area contributed by atoms with Crippen LogP contribution in [0.1, 0.15) is 23.2 Å². The number of piperidine rings is 1. The molecule has 0 atom stereocenters. The summed E-state index contributed by atoms with van der Waals surface area (Å²) < 4.78 is 18.6. The summed E-state index contributed by atoms with van der Waals surface area (Å²) in [6.45, 7) is 1.34. The predicted octanol–water partition coefficient (Wildman–Crippen LogP) is 1.72.